The van der Waals surface area contributed by atoms with Gasteiger partial charge in [-0.1, -0.05) is 34.8 Å². The number of rotatable bonds is 7. The first-order chi connectivity index (χ1) is 13.2. The Bertz CT molecular complexity index is 903. The van der Waals surface area contributed by atoms with Crippen molar-refractivity contribution in [1.82, 2.24) is 0 Å². The van der Waals surface area contributed by atoms with E-state index < -0.39 is 30.5 Å². The molecule has 1 atom stereocenters. The molecule has 0 aromatic heterocycles. The molecule has 2 amide bonds. The van der Waals surface area contributed by atoms with Crippen molar-refractivity contribution in [2.24, 2.45) is 5.73 Å². The maximum absolute atomic E-state index is 12.1. The van der Waals surface area contributed by atoms with E-state index in [9.17, 15) is 14.4 Å². The van der Waals surface area contributed by atoms with Crippen LogP contribution in [0, 0.1) is 0 Å². The zero-order chi connectivity index (χ0) is 20.8. The van der Waals surface area contributed by atoms with E-state index in [4.69, 9.17) is 50.0 Å². The van der Waals surface area contributed by atoms with Gasteiger partial charge in [-0.3, -0.25) is 9.59 Å². The number of benzene rings is 2. The van der Waals surface area contributed by atoms with E-state index in [-0.39, 0.29) is 20.8 Å². The van der Waals surface area contributed by atoms with Crippen molar-refractivity contribution in [3.05, 3.63) is 57.0 Å². The zero-order valence-electron chi connectivity index (χ0n) is 14.5. The molecule has 0 bridgehead atoms. The lowest BCUT2D eigenvalue weighted by Gasteiger charge is -2.14. The lowest BCUT2D eigenvalue weighted by molar-refractivity contribution is -0.155. The van der Waals surface area contributed by atoms with Crippen LogP contribution in [0.4, 0.5) is 5.69 Å². The number of nitrogens with one attached hydrogen (secondary N) is 1. The van der Waals surface area contributed by atoms with Crippen LogP contribution in [0.15, 0.2) is 36.4 Å². The van der Waals surface area contributed by atoms with Crippen molar-refractivity contribution in [3.63, 3.8) is 0 Å². The molecule has 0 aliphatic carbocycles. The molecule has 0 spiro atoms. The average molecular weight is 446 g/mol. The Balaban J connectivity index is 1.86. The lowest BCUT2D eigenvalue weighted by atomic mass is 10.2. The SMILES string of the molecule is C[C@@H](OC(=O)COc1cc(Cl)c(Cl)cc1Cl)C(=O)Nc1ccc(C(N)=O)cc1. The summed E-state index contributed by atoms with van der Waals surface area (Å²) < 4.78 is 10.3. The first kappa shape index (κ1) is 21.8. The molecular formula is C18H15Cl3N2O5. The smallest absolute Gasteiger partial charge is 0.344 e. The average Bonchev–Trinajstić information content (AvgIpc) is 2.64. The minimum Gasteiger partial charge on any atom is -0.480 e. The van der Waals surface area contributed by atoms with Gasteiger partial charge in [0, 0.05) is 17.3 Å². The maximum atomic E-state index is 12.1. The van der Waals surface area contributed by atoms with Gasteiger partial charge in [0.25, 0.3) is 5.91 Å². The second-order valence-electron chi connectivity index (χ2n) is 5.55. The molecule has 148 valence electrons. The van der Waals surface area contributed by atoms with Gasteiger partial charge in [0.1, 0.15) is 5.75 Å². The highest BCUT2D eigenvalue weighted by atomic mass is 35.5. The van der Waals surface area contributed by atoms with E-state index in [1.165, 1.54) is 43.3 Å². The van der Waals surface area contributed by atoms with Gasteiger partial charge in [-0.2, -0.15) is 0 Å². The Morgan fingerprint density at radius 3 is 2.25 bits per heavy atom. The van der Waals surface area contributed by atoms with Gasteiger partial charge in [0.15, 0.2) is 12.7 Å². The quantitative estimate of drug-likeness (QED) is 0.499. The molecule has 3 N–H and O–H groups in total. The van der Waals surface area contributed by atoms with Crippen LogP contribution < -0.4 is 15.8 Å². The van der Waals surface area contributed by atoms with E-state index in [1.807, 2.05) is 0 Å². The van der Waals surface area contributed by atoms with Crippen LogP contribution in [0.3, 0.4) is 0 Å². The molecule has 2 rings (SSSR count). The van der Waals surface area contributed by atoms with Crippen molar-refractivity contribution >= 4 is 58.3 Å². The summed E-state index contributed by atoms with van der Waals surface area (Å²) in [4.78, 5) is 35.0. The Hall–Kier alpha value is -2.48. The molecule has 28 heavy (non-hydrogen) atoms. The predicted octanol–water partition coefficient (Wildman–Crippen LogP) is 3.69. The summed E-state index contributed by atoms with van der Waals surface area (Å²) in [6.07, 6.45) is -1.09. The summed E-state index contributed by atoms with van der Waals surface area (Å²) in [6, 6.07) is 8.67. The first-order valence-electron chi connectivity index (χ1n) is 7.85. The van der Waals surface area contributed by atoms with Crippen molar-refractivity contribution in [2.75, 3.05) is 11.9 Å². The molecule has 2 aromatic carbocycles. The highest BCUT2D eigenvalue weighted by Gasteiger charge is 2.19. The van der Waals surface area contributed by atoms with Gasteiger partial charge >= 0.3 is 5.97 Å². The number of hydrogen-bond acceptors (Lipinski definition) is 5. The molecule has 0 unspecified atom stereocenters. The van der Waals surface area contributed by atoms with Crippen LogP contribution >= 0.6 is 34.8 Å². The summed E-state index contributed by atoms with van der Waals surface area (Å²) in [7, 11) is 0. The van der Waals surface area contributed by atoms with Gasteiger partial charge < -0.3 is 20.5 Å². The highest BCUT2D eigenvalue weighted by molar-refractivity contribution is 6.43. The van der Waals surface area contributed by atoms with Crippen LogP contribution in [0.1, 0.15) is 17.3 Å². The second kappa shape index (κ2) is 9.64. The molecule has 0 aliphatic heterocycles. The van der Waals surface area contributed by atoms with Gasteiger partial charge in [-0.25, -0.2) is 4.79 Å². The van der Waals surface area contributed by atoms with Crippen LogP contribution in [-0.2, 0) is 14.3 Å². The summed E-state index contributed by atoms with van der Waals surface area (Å²) in [5, 5.41) is 3.18. The summed E-state index contributed by atoms with van der Waals surface area (Å²) >= 11 is 17.6. The number of nitrogens with two attached hydrogens (primary N) is 1. The van der Waals surface area contributed by atoms with Gasteiger partial charge in [0.05, 0.1) is 15.1 Å². The molecule has 0 saturated heterocycles. The van der Waals surface area contributed by atoms with E-state index in [1.54, 1.807) is 0 Å². The van der Waals surface area contributed by atoms with Crippen molar-refractivity contribution in [3.8, 4) is 5.75 Å². The number of carbonyl (C=O) groups excluding carboxylic acids is 3. The minimum atomic E-state index is -1.09. The molecule has 10 heteroatoms. The number of amides is 2. The Kier molecular flexibility index (Phi) is 7.51. The monoisotopic (exact) mass is 444 g/mol. The van der Waals surface area contributed by atoms with Crippen molar-refractivity contribution < 1.29 is 23.9 Å². The fourth-order valence-corrected chi connectivity index (χ4v) is 2.59. The van der Waals surface area contributed by atoms with Gasteiger partial charge in [-0.15, -0.1) is 0 Å². The van der Waals surface area contributed by atoms with Crippen LogP contribution in [0.2, 0.25) is 15.1 Å². The third kappa shape index (κ3) is 6.02. The molecule has 2 aromatic rings. The number of halogens is 3. The fraction of sp³-hybridized carbons (Fsp3) is 0.167. The molecule has 0 heterocycles. The molecule has 0 aliphatic rings. The molecule has 0 fully saturated rings. The van der Waals surface area contributed by atoms with E-state index >= 15 is 0 Å². The Morgan fingerprint density at radius 2 is 1.64 bits per heavy atom. The number of ether oxygens (including phenoxy) is 2. The highest BCUT2D eigenvalue weighted by Crippen LogP contribution is 2.33. The fourth-order valence-electron chi connectivity index (χ4n) is 2.00. The predicted molar refractivity (Wildman–Crippen MR) is 106 cm³/mol. The van der Waals surface area contributed by atoms with E-state index in [0.717, 1.165) is 0 Å². The topological polar surface area (TPSA) is 108 Å². The largest absolute Gasteiger partial charge is 0.480 e. The number of hydrogen-bond donors (Lipinski definition) is 2. The van der Waals surface area contributed by atoms with Gasteiger partial charge in [0.2, 0.25) is 5.91 Å². The lowest BCUT2D eigenvalue weighted by Crippen LogP contribution is -2.31. The van der Waals surface area contributed by atoms with E-state index in [0.29, 0.717) is 11.3 Å². The first-order valence-corrected chi connectivity index (χ1v) is 8.98. The Labute approximate surface area is 175 Å². The summed E-state index contributed by atoms with van der Waals surface area (Å²) in [6.45, 7) is 0.916. The molecule has 7 nitrogen and oxygen atoms in total. The maximum Gasteiger partial charge on any atom is 0.344 e. The summed E-state index contributed by atoms with van der Waals surface area (Å²) in [5.41, 5.74) is 5.86. The third-order valence-corrected chi connectivity index (χ3v) is 4.45. The Morgan fingerprint density at radius 1 is 1.04 bits per heavy atom. The molecule has 0 radical (unpaired) electrons. The number of carbonyl (C=O) groups is 3. The standard InChI is InChI=1S/C18H15Cl3N2O5/c1-9(18(26)23-11-4-2-10(3-5-11)17(22)25)28-16(24)8-27-15-7-13(20)12(19)6-14(15)21/h2-7,9H,8H2,1H3,(H2,22,25)(H,23,26)/t9-/m1/s1. The third-order valence-electron chi connectivity index (χ3n) is 3.43. The zero-order valence-corrected chi connectivity index (χ0v) is 16.8. The van der Waals surface area contributed by atoms with Crippen LogP contribution in [0.25, 0.3) is 0 Å². The van der Waals surface area contributed by atoms with E-state index in [2.05, 4.69) is 5.32 Å². The number of anilines is 1. The molecule has 0 saturated carbocycles. The normalized spacial score (nSPS) is 11.4. The minimum absolute atomic E-state index is 0.152. The van der Waals surface area contributed by atoms with Crippen molar-refractivity contribution in [2.45, 2.75) is 13.0 Å². The van der Waals surface area contributed by atoms with Crippen molar-refractivity contribution in [1.29, 1.82) is 0 Å². The van der Waals surface area contributed by atoms with Crippen LogP contribution in [0.5, 0.6) is 5.75 Å². The second-order valence-corrected chi connectivity index (χ2v) is 6.77. The number of primary amides is 1. The van der Waals surface area contributed by atoms with Crippen LogP contribution in [-0.4, -0.2) is 30.5 Å². The summed E-state index contributed by atoms with van der Waals surface area (Å²) in [5.74, 6) is -1.77. The molecular weight excluding hydrogens is 431 g/mol. The van der Waals surface area contributed by atoms with Gasteiger partial charge in [-0.05, 0) is 37.3 Å². The number of esters is 1.